The van der Waals surface area contributed by atoms with Crippen molar-refractivity contribution < 1.29 is 17.9 Å². The third-order valence-corrected chi connectivity index (χ3v) is 6.36. The van der Waals surface area contributed by atoms with E-state index in [0.717, 1.165) is 0 Å². The van der Waals surface area contributed by atoms with Gasteiger partial charge in [-0.3, -0.25) is 4.72 Å². The zero-order valence-electron chi connectivity index (χ0n) is 18.4. The van der Waals surface area contributed by atoms with Crippen LogP contribution < -0.4 is 20.1 Å². The van der Waals surface area contributed by atoms with Crippen molar-refractivity contribution in [2.75, 3.05) is 15.4 Å². The summed E-state index contributed by atoms with van der Waals surface area (Å²) in [6, 6.07) is 29.1. The summed E-state index contributed by atoms with van der Waals surface area (Å²) in [4.78, 5) is 12.6. The van der Waals surface area contributed by atoms with E-state index >= 15 is 0 Å². The van der Waals surface area contributed by atoms with Gasteiger partial charge in [0, 0.05) is 23.1 Å². The lowest BCUT2D eigenvalue weighted by Gasteiger charge is -2.13. The van der Waals surface area contributed by atoms with Crippen molar-refractivity contribution in [1.29, 1.82) is 0 Å². The molecule has 0 unspecified atom stereocenters. The molecule has 7 nitrogen and oxygen atoms in total. The van der Waals surface area contributed by atoms with Crippen molar-refractivity contribution in [2.24, 2.45) is 0 Å². The van der Waals surface area contributed by atoms with Crippen LogP contribution in [0.3, 0.4) is 0 Å². The molecule has 0 bridgehead atoms. The molecule has 0 atom stereocenters. The Morgan fingerprint density at radius 3 is 1.97 bits per heavy atom. The van der Waals surface area contributed by atoms with Crippen molar-refractivity contribution in [3.8, 4) is 11.5 Å². The number of urea groups is 1. The fourth-order valence-electron chi connectivity index (χ4n) is 3.24. The zero-order chi connectivity index (χ0) is 24.0. The first-order chi connectivity index (χ1) is 16.4. The maximum absolute atomic E-state index is 12.9. The van der Waals surface area contributed by atoms with E-state index in [1.165, 1.54) is 6.07 Å². The van der Waals surface area contributed by atoms with Gasteiger partial charge < -0.3 is 15.4 Å². The Balaban J connectivity index is 1.45. The predicted molar refractivity (Wildman–Crippen MR) is 134 cm³/mol. The van der Waals surface area contributed by atoms with E-state index in [-0.39, 0.29) is 4.90 Å². The second kappa shape index (κ2) is 10.1. The molecule has 4 aromatic rings. The van der Waals surface area contributed by atoms with Gasteiger partial charge in [-0.15, -0.1) is 0 Å². The fourth-order valence-corrected chi connectivity index (χ4v) is 4.57. The van der Waals surface area contributed by atoms with Gasteiger partial charge in [0.2, 0.25) is 0 Å². The Labute approximate surface area is 198 Å². The maximum atomic E-state index is 12.9. The van der Waals surface area contributed by atoms with Crippen LogP contribution in [0.1, 0.15) is 5.56 Å². The molecule has 3 N–H and O–H groups in total. The molecule has 0 aromatic heterocycles. The number of amides is 2. The van der Waals surface area contributed by atoms with Crippen molar-refractivity contribution >= 4 is 33.1 Å². The molecule has 0 spiro atoms. The minimum atomic E-state index is -3.83. The van der Waals surface area contributed by atoms with Crippen LogP contribution in [0.4, 0.5) is 21.9 Å². The molecule has 2 amide bonds. The van der Waals surface area contributed by atoms with Crippen LogP contribution in [0.2, 0.25) is 0 Å². The highest BCUT2D eigenvalue weighted by Crippen LogP contribution is 2.25. The molecule has 0 fully saturated rings. The highest BCUT2D eigenvalue weighted by atomic mass is 32.2. The summed E-state index contributed by atoms with van der Waals surface area (Å²) < 4.78 is 34.1. The molecule has 4 aromatic carbocycles. The molecule has 0 aliphatic heterocycles. The van der Waals surface area contributed by atoms with Crippen molar-refractivity contribution in [3.05, 3.63) is 109 Å². The summed E-state index contributed by atoms with van der Waals surface area (Å²) >= 11 is 0. The lowest BCUT2D eigenvalue weighted by atomic mass is 10.2. The molecular weight excluding hydrogens is 450 g/mol. The molecule has 8 heteroatoms. The van der Waals surface area contributed by atoms with Gasteiger partial charge in [-0.1, -0.05) is 48.5 Å². The summed E-state index contributed by atoms with van der Waals surface area (Å²) in [5.41, 5.74) is 1.88. The molecule has 0 saturated heterocycles. The van der Waals surface area contributed by atoms with Gasteiger partial charge in [-0.05, 0) is 61.0 Å². The van der Waals surface area contributed by atoms with Crippen molar-refractivity contribution in [1.82, 2.24) is 0 Å². The van der Waals surface area contributed by atoms with Crippen LogP contribution >= 0.6 is 0 Å². The second-order valence-corrected chi connectivity index (χ2v) is 9.12. The molecule has 4 rings (SSSR count). The smallest absolute Gasteiger partial charge is 0.323 e. The summed E-state index contributed by atoms with van der Waals surface area (Å²) in [5, 5.41) is 5.41. The van der Waals surface area contributed by atoms with Gasteiger partial charge in [0.15, 0.2) is 0 Å². The summed E-state index contributed by atoms with van der Waals surface area (Å²) in [7, 11) is -3.83. The van der Waals surface area contributed by atoms with E-state index < -0.39 is 16.1 Å². The van der Waals surface area contributed by atoms with Crippen LogP contribution in [0.5, 0.6) is 11.5 Å². The number of ether oxygens (including phenoxy) is 1. The van der Waals surface area contributed by atoms with Crippen LogP contribution in [-0.2, 0) is 10.0 Å². The third kappa shape index (κ3) is 5.93. The number of sulfonamides is 1. The van der Waals surface area contributed by atoms with Crippen LogP contribution in [0.25, 0.3) is 0 Å². The topological polar surface area (TPSA) is 96.5 Å². The number of carbonyl (C=O) groups is 1. The van der Waals surface area contributed by atoms with Crippen LogP contribution in [0.15, 0.2) is 108 Å². The summed E-state index contributed by atoms with van der Waals surface area (Å²) in [6.07, 6.45) is 0. The highest BCUT2D eigenvalue weighted by molar-refractivity contribution is 7.92. The fraction of sp³-hybridized carbons (Fsp3) is 0.0385. The molecule has 0 radical (unpaired) electrons. The number of anilines is 3. The quantitative estimate of drug-likeness (QED) is 0.296. The van der Waals surface area contributed by atoms with E-state index in [1.807, 2.05) is 30.3 Å². The van der Waals surface area contributed by atoms with Gasteiger partial charge in [-0.25, -0.2) is 13.2 Å². The van der Waals surface area contributed by atoms with Gasteiger partial charge in [0.25, 0.3) is 10.0 Å². The molecule has 0 aliphatic rings. The highest BCUT2D eigenvalue weighted by Gasteiger charge is 2.18. The lowest BCUT2D eigenvalue weighted by Crippen LogP contribution is -2.20. The Hall–Kier alpha value is -4.30. The van der Waals surface area contributed by atoms with Crippen molar-refractivity contribution in [2.45, 2.75) is 11.8 Å². The average molecular weight is 474 g/mol. The molecule has 172 valence electrons. The van der Waals surface area contributed by atoms with Crippen LogP contribution in [0, 0.1) is 6.92 Å². The van der Waals surface area contributed by atoms with E-state index in [9.17, 15) is 13.2 Å². The lowest BCUT2D eigenvalue weighted by molar-refractivity contribution is 0.262. The van der Waals surface area contributed by atoms with Crippen molar-refractivity contribution in [3.63, 3.8) is 0 Å². The third-order valence-electron chi connectivity index (χ3n) is 4.83. The summed E-state index contributed by atoms with van der Waals surface area (Å²) in [6.45, 7) is 1.70. The average Bonchev–Trinajstić information content (AvgIpc) is 2.81. The largest absolute Gasteiger partial charge is 0.457 e. The first-order valence-corrected chi connectivity index (χ1v) is 12.0. The Bertz CT molecular complexity index is 1390. The molecular formula is C26H23N3O4S. The number of rotatable bonds is 7. The number of nitrogens with one attached hydrogen (secondary N) is 3. The van der Waals surface area contributed by atoms with E-state index in [1.54, 1.807) is 73.7 Å². The minimum absolute atomic E-state index is 0.0763. The number of benzene rings is 4. The first kappa shape index (κ1) is 22.9. The number of hydrogen-bond donors (Lipinski definition) is 3. The Morgan fingerprint density at radius 2 is 1.26 bits per heavy atom. The van der Waals surface area contributed by atoms with E-state index in [0.29, 0.717) is 34.1 Å². The van der Waals surface area contributed by atoms with E-state index in [2.05, 4.69) is 15.4 Å². The normalized spacial score (nSPS) is 10.9. The Kier molecular flexibility index (Phi) is 6.79. The molecule has 0 aliphatic carbocycles. The second-order valence-electron chi connectivity index (χ2n) is 7.47. The number of aryl methyl sites for hydroxylation is 1. The molecule has 34 heavy (non-hydrogen) atoms. The van der Waals surface area contributed by atoms with Gasteiger partial charge in [-0.2, -0.15) is 0 Å². The van der Waals surface area contributed by atoms with Gasteiger partial charge in [0.05, 0.1) is 4.90 Å². The van der Waals surface area contributed by atoms with Crippen LogP contribution in [-0.4, -0.2) is 14.4 Å². The SMILES string of the molecule is Cc1ccc(NC(=O)Nc2cccc(Oc3ccccc3)c2)cc1S(=O)(=O)Nc1ccccc1. The molecule has 0 heterocycles. The van der Waals surface area contributed by atoms with Gasteiger partial charge >= 0.3 is 6.03 Å². The maximum Gasteiger partial charge on any atom is 0.323 e. The predicted octanol–water partition coefficient (Wildman–Crippen LogP) is 6.23. The first-order valence-electron chi connectivity index (χ1n) is 10.5. The van der Waals surface area contributed by atoms with E-state index in [4.69, 9.17) is 4.74 Å². The zero-order valence-corrected chi connectivity index (χ0v) is 19.2. The Morgan fingerprint density at radius 1 is 0.676 bits per heavy atom. The standard InChI is InChI=1S/C26H23N3O4S/c1-19-15-16-22(18-25(19)34(31,32)29-20-9-4-2-5-10-20)28-26(30)27-21-11-8-14-24(17-21)33-23-12-6-3-7-13-23/h2-18,29H,1H3,(H2,27,28,30). The summed E-state index contributed by atoms with van der Waals surface area (Å²) in [5.74, 6) is 1.25. The molecule has 0 saturated carbocycles. The number of para-hydroxylation sites is 2. The van der Waals surface area contributed by atoms with Gasteiger partial charge in [0.1, 0.15) is 11.5 Å². The minimum Gasteiger partial charge on any atom is -0.457 e. The number of hydrogen-bond acceptors (Lipinski definition) is 4. The monoisotopic (exact) mass is 473 g/mol. The number of carbonyl (C=O) groups excluding carboxylic acids is 1.